The summed E-state index contributed by atoms with van der Waals surface area (Å²) in [6.07, 6.45) is -31.4. The molecule has 22 nitrogen and oxygen atoms in total. The molecule has 0 spiro atoms. The summed E-state index contributed by atoms with van der Waals surface area (Å²) in [5.74, 6) is -2.00. The molecule has 0 radical (unpaired) electrons. The number of amides is 1. The molecule has 0 aromatic heterocycles. The normalized spacial score (nSPS) is 46.1. The van der Waals surface area contributed by atoms with Crippen molar-refractivity contribution in [3.8, 4) is 0 Å². The van der Waals surface area contributed by atoms with Crippen LogP contribution in [0.1, 0.15) is 26.7 Å². The number of nitrogens with two attached hydrogens (primary N) is 1. The smallest absolute Gasteiger partial charge is 0.241 e. The first-order valence-electron chi connectivity index (χ1n) is 18.2. The third kappa shape index (κ3) is 10.1. The summed E-state index contributed by atoms with van der Waals surface area (Å²) >= 11 is 0. The molecule has 0 saturated carbocycles. The van der Waals surface area contributed by atoms with Crippen LogP contribution < -0.4 is 5.73 Å². The predicted molar refractivity (Wildman–Crippen MR) is 182 cm³/mol. The standard InChI is InChI=1S/C34H57NO21/c1-11(6-17(35)40)4-3-5-12(2)18(31-25(47)23(45)29(15(9-38)51-31)55-33-27(49)21(43)19(41)13(7-36)53-33)32-26(48)24(46)30(16(10-39)52-32)56-34-28(50)22(44)20(42)14(8-37)54-34/h5-6,13-16,18-34,36-39,41-50H,3-4,7-10H2,1-2H3,(H2,35,40)/b11-6-,12-5?/t13-,14-,15-,16-,18?,19+,20+,21+,22+,23-,24-,25-,26-,27-,28-,29-,30-,31?,32?,33+,34+/m1/s1. The highest BCUT2D eigenvalue weighted by Gasteiger charge is 2.57. The third-order valence-corrected chi connectivity index (χ3v) is 10.7. The lowest BCUT2D eigenvalue weighted by molar-refractivity contribution is -0.353. The van der Waals surface area contributed by atoms with Gasteiger partial charge in [0.25, 0.3) is 0 Å². The van der Waals surface area contributed by atoms with Crippen LogP contribution in [0.4, 0.5) is 0 Å². The van der Waals surface area contributed by atoms with Gasteiger partial charge in [-0.2, -0.15) is 0 Å². The van der Waals surface area contributed by atoms with Gasteiger partial charge in [0.15, 0.2) is 12.6 Å². The molecule has 2 unspecified atom stereocenters. The quantitative estimate of drug-likeness (QED) is 0.0539. The van der Waals surface area contributed by atoms with Crippen molar-refractivity contribution in [3.63, 3.8) is 0 Å². The first-order valence-corrected chi connectivity index (χ1v) is 18.2. The molecule has 4 saturated heterocycles. The zero-order chi connectivity index (χ0) is 41.8. The molecule has 324 valence electrons. The SMILES string of the molecule is CC(=CCC/C(C)=C\C(N)=O)C(C1O[C@H](CO)[C@@H](O[C@@H]2O[C@H](CO)[C@H](O)[C@H](O)[C@H]2O)[C@H](O)[C@H]1O)C1O[C@H](CO)[C@@H](O[C@@H]2O[C@H](CO)[C@H](O)[C@H](O)[C@H]2O)[C@H](O)[C@H]1O. The van der Waals surface area contributed by atoms with Crippen LogP contribution in [0.25, 0.3) is 0 Å². The Balaban J connectivity index is 1.65. The Hall–Kier alpha value is -1.85. The molecule has 0 bridgehead atoms. The largest absolute Gasteiger partial charge is 0.394 e. The predicted octanol–water partition coefficient (Wildman–Crippen LogP) is -7.91. The van der Waals surface area contributed by atoms with Gasteiger partial charge in [0.1, 0.15) is 97.7 Å². The molecule has 20 atom stereocenters. The van der Waals surface area contributed by atoms with Gasteiger partial charge in [0, 0.05) is 12.0 Å². The van der Waals surface area contributed by atoms with Gasteiger partial charge in [-0.1, -0.05) is 17.2 Å². The van der Waals surface area contributed by atoms with Gasteiger partial charge >= 0.3 is 0 Å². The van der Waals surface area contributed by atoms with E-state index in [9.17, 15) is 76.3 Å². The van der Waals surface area contributed by atoms with E-state index in [0.29, 0.717) is 17.6 Å². The summed E-state index contributed by atoms with van der Waals surface area (Å²) < 4.78 is 34.3. The number of rotatable bonds is 15. The van der Waals surface area contributed by atoms with Gasteiger partial charge in [0.2, 0.25) is 5.91 Å². The van der Waals surface area contributed by atoms with Gasteiger partial charge < -0.3 is 106 Å². The molecule has 22 heteroatoms. The second kappa shape index (κ2) is 20.4. The van der Waals surface area contributed by atoms with Crippen molar-refractivity contribution in [3.05, 3.63) is 23.3 Å². The van der Waals surface area contributed by atoms with Gasteiger partial charge in [-0.3, -0.25) is 4.79 Å². The number of hydrogen-bond donors (Lipinski definition) is 15. The Morgan fingerprint density at radius 2 is 0.964 bits per heavy atom. The monoisotopic (exact) mass is 815 g/mol. The van der Waals surface area contributed by atoms with Gasteiger partial charge in [-0.25, -0.2) is 0 Å². The molecular weight excluding hydrogens is 758 g/mol. The Morgan fingerprint density at radius 1 is 0.571 bits per heavy atom. The lowest BCUT2D eigenvalue weighted by atomic mass is 9.76. The Bertz CT molecular complexity index is 1240. The van der Waals surface area contributed by atoms with Crippen LogP contribution in [-0.2, 0) is 33.2 Å². The van der Waals surface area contributed by atoms with Gasteiger partial charge in [-0.05, 0) is 26.7 Å². The number of allylic oxidation sites excluding steroid dienone is 2. The summed E-state index contributed by atoms with van der Waals surface area (Å²) in [5.41, 5.74) is 6.17. The number of ether oxygens (including phenoxy) is 6. The van der Waals surface area contributed by atoms with E-state index in [1.165, 1.54) is 13.0 Å². The zero-order valence-corrected chi connectivity index (χ0v) is 30.7. The average molecular weight is 816 g/mol. The Morgan fingerprint density at radius 3 is 1.32 bits per heavy atom. The van der Waals surface area contributed by atoms with Crippen molar-refractivity contribution >= 4 is 5.91 Å². The fourth-order valence-corrected chi connectivity index (χ4v) is 7.51. The zero-order valence-electron chi connectivity index (χ0n) is 30.7. The molecule has 4 heterocycles. The van der Waals surface area contributed by atoms with Crippen molar-refractivity contribution in [2.75, 3.05) is 26.4 Å². The van der Waals surface area contributed by atoms with Crippen LogP contribution in [0.5, 0.6) is 0 Å². The van der Waals surface area contributed by atoms with Crippen LogP contribution >= 0.6 is 0 Å². The minimum atomic E-state index is -1.96. The molecule has 16 N–H and O–H groups in total. The molecular formula is C34H57NO21. The van der Waals surface area contributed by atoms with E-state index in [1.807, 2.05) is 0 Å². The van der Waals surface area contributed by atoms with E-state index in [-0.39, 0.29) is 6.42 Å². The lowest BCUT2D eigenvalue weighted by Gasteiger charge is -2.51. The first kappa shape index (κ1) is 46.8. The van der Waals surface area contributed by atoms with E-state index >= 15 is 0 Å². The number of primary amides is 1. The van der Waals surface area contributed by atoms with Crippen molar-refractivity contribution in [2.45, 2.75) is 149 Å². The maximum atomic E-state index is 11.6. The second-order valence-electron chi connectivity index (χ2n) is 14.6. The fraction of sp³-hybridized carbons (Fsp3) is 0.853. The summed E-state index contributed by atoms with van der Waals surface area (Å²) in [4.78, 5) is 11.4. The Labute approximate surface area is 321 Å². The van der Waals surface area contributed by atoms with Crippen molar-refractivity contribution < 1.29 is 105 Å². The summed E-state index contributed by atoms with van der Waals surface area (Å²) in [5, 5.41) is 148. The van der Waals surface area contributed by atoms with Crippen LogP contribution in [-0.4, -0.2) is 226 Å². The number of carbonyl (C=O) groups excluding carboxylic acids is 1. The molecule has 4 aliphatic heterocycles. The van der Waals surface area contributed by atoms with Crippen molar-refractivity contribution in [2.24, 2.45) is 11.7 Å². The van der Waals surface area contributed by atoms with Crippen molar-refractivity contribution in [1.29, 1.82) is 0 Å². The van der Waals surface area contributed by atoms with Gasteiger partial charge in [0.05, 0.1) is 38.6 Å². The van der Waals surface area contributed by atoms with Crippen molar-refractivity contribution in [1.82, 2.24) is 0 Å². The summed E-state index contributed by atoms with van der Waals surface area (Å²) in [6, 6.07) is 0. The lowest BCUT2D eigenvalue weighted by Crippen LogP contribution is -2.68. The molecule has 0 aromatic carbocycles. The maximum absolute atomic E-state index is 11.6. The van der Waals surface area contributed by atoms with E-state index < -0.39 is 161 Å². The summed E-state index contributed by atoms with van der Waals surface area (Å²) in [7, 11) is 0. The molecule has 4 rings (SSSR count). The molecule has 1 amide bonds. The van der Waals surface area contributed by atoms with E-state index in [1.54, 1.807) is 13.0 Å². The molecule has 0 aliphatic carbocycles. The van der Waals surface area contributed by atoms with Crippen LogP contribution in [0.2, 0.25) is 0 Å². The maximum Gasteiger partial charge on any atom is 0.241 e. The molecule has 56 heavy (non-hydrogen) atoms. The topological polar surface area (TPSA) is 382 Å². The minimum Gasteiger partial charge on any atom is -0.394 e. The highest BCUT2D eigenvalue weighted by molar-refractivity contribution is 5.86. The second-order valence-corrected chi connectivity index (χ2v) is 14.6. The number of aliphatic hydroxyl groups excluding tert-OH is 14. The van der Waals surface area contributed by atoms with E-state index in [0.717, 1.165) is 0 Å². The van der Waals surface area contributed by atoms with E-state index in [4.69, 9.17) is 34.2 Å². The van der Waals surface area contributed by atoms with Crippen LogP contribution in [0, 0.1) is 5.92 Å². The van der Waals surface area contributed by atoms with Crippen LogP contribution in [0.3, 0.4) is 0 Å². The van der Waals surface area contributed by atoms with Crippen LogP contribution in [0.15, 0.2) is 23.3 Å². The molecule has 4 aliphatic rings. The van der Waals surface area contributed by atoms with E-state index in [2.05, 4.69) is 0 Å². The third-order valence-electron chi connectivity index (χ3n) is 10.7. The fourth-order valence-electron chi connectivity index (χ4n) is 7.51. The summed E-state index contributed by atoms with van der Waals surface area (Å²) in [6.45, 7) is -0.181. The highest BCUT2D eigenvalue weighted by atomic mass is 16.7. The molecule has 0 aromatic rings. The molecule has 4 fully saturated rings. The number of hydrogen-bond acceptors (Lipinski definition) is 21. The number of aliphatic hydroxyl groups is 14. The highest BCUT2D eigenvalue weighted by Crippen LogP contribution is 2.40. The van der Waals surface area contributed by atoms with Gasteiger partial charge in [-0.15, -0.1) is 0 Å². The Kier molecular flexibility index (Phi) is 17.1. The minimum absolute atomic E-state index is 0.243. The number of carbonyl (C=O) groups is 1. The average Bonchev–Trinajstić information content (AvgIpc) is 3.16. The first-order chi connectivity index (χ1) is 26.4.